The van der Waals surface area contributed by atoms with Gasteiger partial charge in [-0.25, -0.2) is 0 Å². The highest BCUT2D eigenvalue weighted by atomic mass is 32.1. The lowest BCUT2D eigenvalue weighted by Crippen LogP contribution is -2.39. The molecule has 1 aliphatic heterocycles. The maximum Gasteiger partial charge on any atom is 0.0702 e. The number of hydrogen-bond donors (Lipinski definition) is 1. The first-order valence-corrected chi connectivity index (χ1v) is 8.80. The lowest BCUT2D eigenvalue weighted by Gasteiger charge is -2.32. The standard InChI is InChI=1S/C16H26N2OS/c1-2-19-14-4-3-9-18(11-14)12-16-8-7-15(20-16)10-17-13-5-6-13/h7-8,13-14,17H,2-6,9-12H2,1H3. The predicted octanol–water partition coefficient (Wildman–Crippen LogP) is 3.00. The Kier molecular flexibility index (Phi) is 5.10. The highest BCUT2D eigenvalue weighted by Gasteiger charge is 2.21. The normalized spacial score (nSPS) is 24.1. The molecule has 3 nitrogen and oxygen atoms in total. The molecule has 0 spiro atoms. The van der Waals surface area contributed by atoms with Crippen LogP contribution in [0.25, 0.3) is 0 Å². The van der Waals surface area contributed by atoms with Crippen LogP contribution in [0.3, 0.4) is 0 Å². The number of hydrogen-bond acceptors (Lipinski definition) is 4. The van der Waals surface area contributed by atoms with Crippen LogP contribution >= 0.6 is 11.3 Å². The Labute approximate surface area is 126 Å². The van der Waals surface area contributed by atoms with Crippen molar-refractivity contribution in [3.8, 4) is 0 Å². The van der Waals surface area contributed by atoms with E-state index >= 15 is 0 Å². The summed E-state index contributed by atoms with van der Waals surface area (Å²) in [5.41, 5.74) is 0. The SMILES string of the molecule is CCOC1CCCN(Cc2ccc(CNC3CC3)s2)C1. The predicted molar refractivity (Wildman–Crippen MR) is 84.1 cm³/mol. The van der Waals surface area contributed by atoms with Gasteiger partial charge in [0, 0.05) is 42.0 Å². The molecule has 4 heteroatoms. The zero-order valence-corrected chi connectivity index (χ0v) is 13.3. The highest BCUT2D eigenvalue weighted by molar-refractivity contribution is 7.11. The minimum Gasteiger partial charge on any atom is -0.377 e. The van der Waals surface area contributed by atoms with Gasteiger partial charge in [0.15, 0.2) is 0 Å². The third-order valence-corrected chi connectivity index (χ3v) is 5.17. The lowest BCUT2D eigenvalue weighted by atomic mass is 10.1. The van der Waals surface area contributed by atoms with Crippen molar-refractivity contribution < 1.29 is 4.74 Å². The molecule has 2 heterocycles. The van der Waals surface area contributed by atoms with Gasteiger partial charge >= 0.3 is 0 Å². The monoisotopic (exact) mass is 294 g/mol. The molecule has 20 heavy (non-hydrogen) atoms. The summed E-state index contributed by atoms with van der Waals surface area (Å²) in [6.45, 7) is 7.40. The molecule has 2 aliphatic rings. The van der Waals surface area contributed by atoms with Crippen molar-refractivity contribution in [2.75, 3.05) is 19.7 Å². The zero-order valence-electron chi connectivity index (χ0n) is 12.4. The molecule has 0 aromatic carbocycles. The Balaban J connectivity index is 1.46. The third kappa shape index (κ3) is 4.29. The Hall–Kier alpha value is -0.420. The van der Waals surface area contributed by atoms with Crippen LogP contribution < -0.4 is 5.32 Å². The number of nitrogens with one attached hydrogen (secondary N) is 1. The van der Waals surface area contributed by atoms with Gasteiger partial charge < -0.3 is 10.1 Å². The van der Waals surface area contributed by atoms with Gasteiger partial charge in [-0.1, -0.05) is 0 Å². The maximum atomic E-state index is 5.78. The summed E-state index contributed by atoms with van der Waals surface area (Å²) in [4.78, 5) is 5.52. The van der Waals surface area contributed by atoms with E-state index in [1.165, 1.54) is 42.0 Å². The quantitative estimate of drug-likeness (QED) is 0.836. The summed E-state index contributed by atoms with van der Waals surface area (Å²) in [7, 11) is 0. The molecule has 1 aromatic heterocycles. The molecule has 1 atom stereocenters. The van der Waals surface area contributed by atoms with Crippen molar-refractivity contribution >= 4 is 11.3 Å². The summed E-state index contributed by atoms with van der Waals surface area (Å²) in [5, 5.41) is 3.59. The van der Waals surface area contributed by atoms with E-state index in [0.29, 0.717) is 6.10 Å². The zero-order chi connectivity index (χ0) is 13.8. The van der Waals surface area contributed by atoms with Crippen LogP contribution in [-0.4, -0.2) is 36.7 Å². The van der Waals surface area contributed by atoms with Gasteiger partial charge in [0.2, 0.25) is 0 Å². The average Bonchev–Trinajstić information content (AvgIpc) is 3.18. The molecule has 1 saturated carbocycles. The van der Waals surface area contributed by atoms with Crippen LogP contribution in [0.4, 0.5) is 0 Å². The molecule has 3 rings (SSSR count). The van der Waals surface area contributed by atoms with Gasteiger partial charge in [0.05, 0.1) is 6.10 Å². The fourth-order valence-corrected chi connectivity index (χ4v) is 3.90. The number of rotatable bonds is 7. The van der Waals surface area contributed by atoms with Gasteiger partial charge in [0.25, 0.3) is 0 Å². The van der Waals surface area contributed by atoms with Gasteiger partial charge in [-0.2, -0.15) is 0 Å². The fourth-order valence-electron chi connectivity index (χ4n) is 2.88. The molecule has 1 aromatic rings. The molecular formula is C16H26N2OS. The average molecular weight is 294 g/mol. The Bertz CT molecular complexity index is 414. The van der Waals surface area contributed by atoms with E-state index in [-0.39, 0.29) is 0 Å². The molecule has 0 amide bonds. The Morgan fingerprint density at radius 1 is 1.30 bits per heavy atom. The van der Waals surface area contributed by atoms with E-state index < -0.39 is 0 Å². The van der Waals surface area contributed by atoms with Gasteiger partial charge in [-0.15, -0.1) is 11.3 Å². The van der Waals surface area contributed by atoms with Crippen molar-refractivity contribution in [3.05, 3.63) is 21.9 Å². The van der Waals surface area contributed by atoms with E-state index in [2.05, 4.69) is 29.3 Å². The molecule has 112 valence electrons. The molecule has 1 N–H and O–H groups in total. The van der Waals surface area contributed by atoms with Crippen LogP contribution in [0.1, 0.15) is 42.4 Å². The van der Waals surface area contributed by atoms with Crippen molar-refractivity contribution in [3.63, 3.8) is 0 Å². The fraction of sp³-hybridized carbons (Fsp3) is 0.750. The third-order valence-electron chi connectivity index (χ3n) is 4.10. The number of ether oxygens (including phenoxy) is 1. The Morgan fingerprint density at radius 2 is 2.15 bits per heavy atom. The summed E-state index contributed by atoms with van der Waals surface area (Å²) in [5.74, 6) is 0. The second-order valence-electron chi connectivity index (χ2n) is 5.98. The number of thiophene rings is 1. The summed E-state index contributed by atoms with van der Waals surface area (Å²) in [6, 6.07) is 5.40. The summed E-state index contributed by atoms with van der Waals surface area (Å²) in [6.07, 6.45) is 5.68. The van der Waals surface area contributed by atoms with Crippen molar-refractivity contribution in [2.45, 2.75) is 57.8 Å². The van der Waals surface area contributed by atoms with Crippen LogP contribution in [-0.2, 0) is 17.8 Å². The molecule has 0 bridgehead atoms. The second-order valence-corrected chi connectivity index (χ2v) is 7.23. The van der Waals surface area contributed by atoms with E-state index in [9.17, 15) is 0 Å². The maximum absolute atomic E-state index is 5.78. The van der Waals surface area contributed by atoms with Crippen molar-refractivity contribution in [2.24, 2.45) is 0 Å². The molecule has 1 saturated heterocycles. The van der Waals surface area contributed by atoms with Crippen LogP contribution in [0, 0.1) is 0 Å². The highest BCUT2D eigenvalue weighted by Crippen LogP contribution is 2.23. The number of nitrogens with zero attached hydrogens (tertiary/aromatic N) is 1. The molecular weight excluding hydrogens is 268 g/mol. The molecule has 1 aliphatic carbocycles. The van der Waals surface area contributed by atoms with Gasteiger partial charge in [0.1, 0.15) is 0 Å². The first-order chi connectivity index (χ1) is 9.83. The van der Waals surface area contributed by atoms with E-state index in [0.717, 1.165) is 32.3 Å². The van der Waals surface area contributed by atoms with Crippen LogP contribution in [0.5, 0.6) is 0 Å². The molecule has 2 fully saturated rings. The van der Waals surface area contributed by atoms with Gasteiger partial charge in [-0.05, 0) is 51.3 Å². The summed E-state index contributed by atoms with van der Waals surface area (Å²) < 4.78 is 5.78. The molecule has 1 unspecified atom stereocenters. The second kappa shape index (κ2) is 7.03. The number of likely N-dealkylation sites (tertiary alicyclic amines) is 1. The summed E-state index contributed by atoms with van der Waals surface area (Å²) >= 11 is 1.97. The van der Waals surface area contributed by atoms with E-state index in [1.807, 2.05) is 11.3 Å². The number of piperidine rings is 1. The smallest absolute Gasteiger partial charge is 0.0702 e. The Morgan fingerprint density at radius 3 is 2.95 bits per heavy atom. The van der Waals surface area contributed by atoms with Crippen molar-refractivity contribution in [1.29, 1.82) is 0 Å². The van der Waals surface area contributed by atoms with Gasteiger partial charge in [-0.3, -0.25) is 4.90 Å². The minimum atomic E-state index is 0.449. The largest absolute Gasteiger partial charge is 0.377 e. The van der Waals surface area contributed by atoms with Crippen LogP contribution in [0.2, 0.25) is 0 Å². The first-order valence-electron chi connectivity index (χ1n) is 7.98. The minimum absolute atomic E-state index is 0.449. The van der Waals surface area contributed by atoms with E-state index in [1.54, 1.807) is 0 Å². The van der Waals surface area contributed by atoms with Crippen molar-refractivity contribution in [1.82, 2.24) is 10.2 Å². The molecule has 0 radical (unpaired) electrons. The topological polar surface area (TPSA) is 24.5 Å². The lowest BCUT2D eigenvalue weighted by molar-refractivity contribution is 0.00390. The first kappa shape index (κ1) is 14.5. The van der Waals surface area contributed by atoms with E-state index in [4.69, 9.17) is 4.74 Å². The van der Waals surface area contributed by atoms with Crippen LogP contribution in [0.15, 0.2) is 12.1 Å².